The molecular formula is C27H30O11. The lowest BCUT2D eigenvalue weighted by Crippen LogP contribution is -2.58. The Balaban J connectivity index is 1.62. The van der Waals surface area contributed by atoms with Crippen LogP contribution in [-0.4, -0.2) is 87.6 Å². The minimum Gasteiger partial charge on any atom is -0.507 e. The molecule has 0 unspecified atom stereocenters. The van der Waals surface area contributed by atoms with Gasteiger partial charge in [0.05, 0.1) is 36.0 Å². The van der Waals surface area contributed by atoms with Gasteiger partial charge in [0.15, 0.2) is 12.1 Å². The fourth-order valence-corrected chi connectivity index (χ4v) is 5.68. The number of carbonyl (C=O) groups is 2. The molecule has 0 bridgehead atoms. The third-order valence-electron chi connectivity index (χ3n) is 7.57. The van der Waals surface area contributed by atoms with Crippen molar-refractivity contribution in [1.29, 1.82) is 0 Å². The van der Waals surface area contributed by atoms with Crippen molar-refractivity contribution in [2.24, 2.45) is 0 Å². The number of ketones is 2. The molecule has 11 nitrogen and oxygen atoms in total. The summed E-state index contributed by atoms with van der Waals surface area (Å²) in [4.78, 5) is 27.0. The Morgan fingerprint density at radius 3 is 2.34 bits per heavy atom. The van der Waals surface area contributed by atoms with Crippen molar-refractivity contribution in [1.82, 2.24) is 0 Å². The van der Waals surface area contributed by atoms with E-state index in [9.17, 15) is 35.1 Å². The topological polar surface area (TPSA) is 172 Å². The largest absolute Gasteiger partial charge is 0.507 e. The van der Waals surface area contributed by atoms with E-state index in [1.54, 1.807) is 13.8 Å². The highest BCUT2D eigenvalue weighted by Gasteiger charge is 2.48. The molecule has 2 aromatic rings. The first-order valence-electron chi connectivity index (χ1n) is 12.2. The smallest absolute Gasteiger partial charge is 0.201 e. The zero-order valence-electron chi connectivity index (χ0n) is 21.3. The summed E-state index contributed by atoms with van der Waals surface area (Å²) >= 11 is 0. The van der Waals surface area contributed by atoms with Gasteiger partial charge in [-0.1, -0.05) is 0 Å². The third kappa shape index (κ3) is 4.06. The number of aliphatic hydroxyl groups excluding tert-OH is 2. The van der Waals surface area contributed by atoms with E-state index in [4.69, 9.17) is 18.9 Å². The van der Waals surface area contributed by atoms with Gasteiger partial charge in [-0.3, -0.25) is 9.59 Å². The predicted octanol–water partition coefficient (Wildman–Crippen LogP) is 1.12. The van der Waals surface area contributed by atoms with E-state index >= 15 is 0 Å². The molecule has 0 aromatic heterocycles. The van der Waals surface area contributed by atoms with Crippen LogP contribution in [0.4, 0.5) is 0 Å². The number of hydrogen-bond acceptors (Lipinski definition) is 11. The molecule has 5 rings (SSSR count). The maximum absolute atomic E-state index is 13.5. The number of rotatable bonds is 4. The molecule has 1 aliphatic heterocycles. The summed E-state index contributed by atoms with van der Waals surface area (Å²) in [7, 11) is 2.68. The van der Waals surface area contributed by atoms with Gasteiger partial charge < -0.3 is 44.5 Å². The van der Waals surface area contributed by atoms with Crippen LogP contribution in [0.5, 0.6) is 17.2 Å². The Morgan fingerprint density at radius 2 is 1.68 bits per heavy atom. The van der Waals surface area contributed by atoms with E-state index in [0.717, 1.165) is 0 Å². The second-order valence-corrected chi connectivity index (χ2v) is 10.3. The van der Waals surface area contributed by atoms with Gasteiger partial charge in [0.1, 0.15) is 35.6 Å². The average molecular weight is 531 g/mol. The molecule has 0 radical (unpaired) electrons. The lowest BCUT2D eigenvalue weighted by Gasteiger charge is -2.44. The fraction of sp³-hybridized carbons (Fsp3) is 0.481. The Hall–Kier alpha value is -3.06. The molecule has 0 spiro atoms. The number of hydrogen-bond donors (Lipinski definition) is 5. The number of benzene rings is 2. The summed E-state index contributed by atoms with van der Waals surface area (Å²) in [6.07, 6.45) is -6.64. The van der Waals surface area contributed by atoms with E-state index < -0.39 is 65.5 Å². The number of carbonyl (C=O) groups excluding carboxylic acids is 2. The SMILES string of the molecule is COc1cc(O)c2c(c1)C(=O)c1cc3c(c(O)c1C2=O)[C@@H](O[C@@H]1O[C@@H](C)[C@H](O)[C@@H](O)[C@H]1OC)C[C@](C)(O)C3. The quantitative estimate of drug-likeness (QED) is 0.327. The first-order valence-corrected chi connectivity index (χ1v) is 12.2. The van der Waals surface area contributed by atoms with Gasteiger partial charge in [0.2, 0.25) is 5.78 Å². The van der Waals surface area contributed by atoms with Crippen molar-refractivity contribution >= 4 is 11.6 Å². The number of phenolic OH excluding ortho intramolecular Hbond substituents is 2. The third-order valence-corrected chi connectivity index (χ3v) is 7.57. The normalized spacial score (nSPS) is 32.4. The first-order chi connectivity index (χ1) is 17.9. The van der Waals surface area contributed by atoms with Crippen LogP contribution in [0.25, 0.3) is 0 Å². The Bertz CT molecular complexity index is 1320. The molecule has 0 amide bonds. The molecule has 2 aromatic carbocycles. The number of aromatic hydroxyl groups is 2. The van der Waals surface area contributed by atoms with Gasteiger partial charge in [-0.15, -0.1) is 0 Å². The summed E-state index contributed by atoms with van der Waals surface area (Å²) in [5.41, 5.74) is -1.42. The molecular weight excluding hydrogens is 500 g/mol. The van der Waals surface area contributed by atoms with Gasteiger partial charge in [-0.25, -0.2) is 0 Å². The van der Waals surface area contributed by atoms with Gasteiger partial charge in [-0.2, -0.15) is 0 Å². The van der Waals surface area contributed by atoms with Gasteiger partial charge >= 0.3 is 0 Å². The number of methoxy groups -OCH3 is 2. The predicted molar refractivity (Wildman–Crippen MR) is 130 cm³/mol. The van der Waals surface area contributed by atoms with Gasteiger partial charge in [0, 0.05) is 42.7 Å². The van der Waals surface area contributed by atoms with E-state index in [0.29, 0.717) is 5.56 Å². The number of ether oxygens (including phenoxy) is 4. The van der Waals surface area contributed by atoms with Crippen LogP contribution in [0.2, 0.25) is 0 Å². The van der Waals surface area contributed by atoms with Crippen LogP contribution in [0.1, 0.15) is 69.3 Å². The maximum atomic E-state index is 13.5. The zero-order valence-corrected chi connectivity index (χ0v) is 21.3. The summed E-state index contributed by atoms with van der Waals surface area (Å²) in [6, 6.07) is 4.01. The van der Waals surface area contributed by atoms with Gasteiger partial charge in [-0.05, 0) is 31.5 Å². The highest BCUT2D eigenvalue weighted by atomic mass is 16.7. The van der Waals surface area contributed by atoms with Crippen LogP contribution < -0.4 is 4.74 Å². The lowest BCUT2D eigenvalue weighted by atomic mass is 9.74. The van der Waals surface area contributed by atoms with Crippen LogP contribution in [0, 0.1) is 0 Å². The van der Waals surface area contributed by atoms with Crippen LogP contribution in [-0.2, 0) is 20.6 Å². The molecule has 7 atom stereocenters. The Morgan fingerprint density at radius 1 is 1.00 bits per heavy atom. The first kappa shape index (κ1) is 26.5. The molecule has 11 heteroatoms. The highest BCUT2D eigenvalue weighted by Crippen LogP contribution is 2.48. The van der Waals surface area contributed by atoms with Crippen LogP contribution in [0.3, 0.4) is 0 Å². The van der Waals surface area contributed by atoms with Gasteiger partial charge in [0.25, 0.3) is 0 Å². The van der Waals surface area contributed by atoms with E-state index in [1.165, 1.54) is 32.4 Å². The molecule has 1 fully saturated rings. The number of aliphatic hydroxyl groups is 3. The van der Waals surface area contributed by atoms with E-state index in [-0.39, 0.29) is 46.4 Å². The van der Waals surface area contributed by atoms with Crippen molar-refractivity contribution in [3.05, 3.63) is 51.6 Å². The van der Waals surface area contributed by atoms with E-state index in [2.05, 4.69) is 0 Å². The fourth-order valence-electron chi connectivity index (χ4n) is 5.68. The summed E-state index contributed by atoms with van der Waals surface area (Å²) < 4.78 is 22.3. The number of fused-ring (bicyclic) bond motifs is 3. The van der Waals surface area contributed by atoms with Crippen LogP contribution in [0.15, 0.2) is 18.2 Å². The maximum Gasteiger partial charge on any atom is 0.201 e. The van der Waals surface area contributed by atoms with Crippen molar-refractivity contribution in [3.8, 4) is 17.2 Å². The molecule has 5 N–H and O–H groups in total. The molecule has 1 heterocycles. The summed E-state index contributed by atoms with van der Waals surface area (Å²) in [5, 5.41) is 53.7. The molecule has 3 aliphatic rings. The Kier molecular flexibility index (Phi) is 6.49. The summed E-state index contributed by atoms with van der Waals surface area (Å²) in [6.45, 7) is 3.13. The van der Waals surface area contributed by atoms with Crippen molar-refractivity contribution in [2.75, 3.05) is 14.2 Å². The molecule has 204 valence electrons. The van der Waals surface area contributed by atoms with E-state index in [1.807, 2.05) is 0 Å². The standard InChI is InChI=1S/C27H30O11/c1-10-20(29)24(33)25(36-4)26(37-10)38-16-9-27(2,34)8-11-5-13-19(22(31)17(11)16)23(32)18-14(21(13)30)6-12(35-3)7-15(18)28/h5-7,10,16,20,24-26,28-29,31,33-34H,8-9H2,1-4H3/t10-,16-,20-,24+,25+,26-,27+/m0/s1. The lowest BCUT2D eigenvalue weighted by molar-refractivity contribution is -0.313. The monoisotopic (exact) mass is 530 g/mol. The minimum atomic E-state index is -1.33. The van der Waals surface area contributed by atoms with Crippen molar-refractivity contribution < 1.29 is 54.1 Å². The molecule has 0 saturated carbocycles. The highest BCUT2D eigenvalue weighted by molar-refractivity contribution is 6.30. The van der Waals surface area contributed by atoms with Crippen molar-refractivity contribution in [2.45, 2.75) is 69.1 Å². The van der Waals surface area contributed by atoms with Crippen molar-refractivity contribution in [3.63, 3.8) is 0 Å². The Labute approximate surface area is 218 Å². The number of phenols is 2. The summed E-state index contributed by atoms with van der Waals surface area (Å²) in [5.74, 6) is -2.12. The molecule has 38 heavy (non-hydrogen) atoms. The second kappa shape index (κ2) is 9.30. The zero-order chi connectivity index (χ0) is 27.7. The second-order valence-electron chi connectivity index (χ2n) is 10.3. The van der Waals surface area contributed by atoms with Crippen LogP contribution >= 0.6 is 0 Å². The minimum absolute atomic E-state index is 0.0170. The molecule has 2 aliphatic carbocycles. The molecule has 1 saturated heterocycles. The average Bonchev–Trinajstić information content (AvgIpc) is 2.84.